The number of halogens is 1. The molecule has 1 N–H and O–H groups in total. The molecule has 1 unspecified atom stereocenters. The first-order valence-corrected chi connectivity index (χ1v) is 5.01. The van der Waals surface area contributed by atoms with Crippen LogP contribution in [-0.4, -0.2) is 24.1 Å². The Hall–Kier alpha value is -2.03. The molecule has 0 aromatic heterocycles. The molecule has 1 aliphatic rings. The molecule has 0 radical (unpaired) electrons. The summed E-state index contributed by atoms with van der Waals surface area (Å²) < 4.78 is 5.07. The maximum Gasteiger partial charge on any atom is 0.315 e. The third kappa shape index (κ3) is 2.30. The molecule has 0 fully saturated rings. The molecule has 0 bridgehead atoms. The second-order valence-electron chi connectivity index (χ2n) is 3.64. The van der Waals surface area contributed by atoms with Gasteiger partial charge in [0, 0.05) is 0 Å². The van der Waals surface area contributed by atoms with Gasteiger partial charge in [-0.05, 0) is 29.3 Å². The zero-order valence-corrected chi connectivity index (χ0v) is 10.4. The van der Waals surface area contributed by atoms with Crippen molar-refractivity contribution in [2.24, 2.45) is 5.92 Å². The monoisotopic (exact) mass is 266 g/mol. The van der Waals surface area contributed by atoms with E-state index in [0.717, 1.165) is 5.56 Å². The highest BCUT2D eigenvalue weighted by molar-refractivity contribution is 6.03. The van der Waals surface area contributed by atoms with Crippen molar-refractivity contribution in [1.82, 2.24) is 0 Å². The standard InChI is InChI=1S/C13H10O4.ClH/c1-17-9-3-5-10-8(6-9)2-4-11(13(15)16)12(10)7-14;/h2-6,11H,1H3,(H,15,16);1H. The molecule has 18 heavy (non-hydrogen) atoms. The van der Waals surface area contributed by atoms with Crippen molar-refractivity contribution in [3.63, 3.8) is 0 Å². The number of carboxylic acids is 1. The lowest BCUT2D eigenvalue weighted by Crippen LogP contribution is -2.16. The van der Waals surface area contributed by atoms with Gasteiger partial charge in [-0.15, -0.1) is 12.4 Å². The number of hydrogen-bond donors (Lipinski definition) is 1. The molecule has 1 atom stereocenters. The molecule has 1 aromatic rings. The van der Waals surface area contributed by atoms with Crippen LogP contribution < -0.4 is 4.74 Å². The first-order valence-electron chi connectivity index (χ1n) is 5.01. The smallest absolute Gasteiger partial charge is 0.315 e. The van der Waals surface area contributed by atoms with E-state index in [9.17, 15) is 9.59 Å². The van der Waals surface area contributed by atoms with Gasteiger partial charge in [-0.1, -0.05) is 12.2 Å². The molecule has 5 heteroatoms. The van der Waals surface area contributed by atoms with Crippen LogP contribution in [0.2, 0.25) is 0 Å². The molecule has 0 aliphatic heterocycles. The van der Waals surface area contributed by atoms with Crippen LogP contribution in [0.4, 0.5) is 0 Å². The van der Waals surface area contributed by atoms with Crippen LogP contribution in [0.3, 0.4) is 0 Å². The molecule has 2 rings (SSSR count). The van der Waals surface area contributed by atoms with Gasteiger partial charge < -0.3 is 9.84 Å². The van der Waals surface area contributed by atoms with E-state index in [1.807, 2.05) is 0 Å². The number of hydrogen-bond acceptors (Lipinski definition) is 3. The molecular formula is C13H11ClO4. The Bertz CT molecular complexity index is 556. The molecule has 94 valence electrons. The third-order valence-corrected chi connectivity index (χ3v) is 2.70. The summed E-state index contributed by atoms with van der Waals surface area (Å²) >= 11 is 0. The average Bonchev–Trinajstić information content (AvgIpc) is 2.36. The van der Waals surface area contributed by atoms with Crippen molar-refractivity contribution in [1.29, 1.82) is 0 Å². The Balaban J connectivity index is 0.00000162. The second kappa shape index (κ2) is 5.54. The van der Waals surface area contributed by atoms with Crippen LogP contribution in [0.25, 0.3) is 11.6 Å². The van der Waals surface area contributed by atoms with E-state index in [1.54, 1.807) is 37.3 Å². The highest BCUT2D eigenvalue weighted by atomic mass is 35.5. The van der Waals surface area contributed by atoms with E-state index < -0.39 is 11.9 Å². The van der Waals surface area contributed by atoms with Gasteiger partial charge in [-0.3, -0.25) is 4.79 Å². The minimum Gasteiger partial charge on any atom is -0.497 e. The number of fused-ring (bicyclic) bond motifs is 1. The summed E-state index contributed by atoms with van der Waals surface area (Å²) in [6.07, 6.45) is 3.15. The summed E-state index contributed by atoms with van der Waals surface area (Å²) in [6.45, 7) is 0. The lowest BCUT2D eigenvalue weighted by molar-refractivity contribution is -0.138. The summed E-state index contributed by atoms with van der Waals surface area (Å²) in [7, 11) is 1.55. The van der Waals surface area contributed by atoms with E-state index in [1.165, 1.54) is 6.08 Å². The largest absolute Gasteiger partial charge is 0.497 e. The highest BCUT2D eigenvalue weighted by Crippen LogP contribution is 2.33. The lowest BCUT2D eigenvalue weighted by atomic mass is 9.85. The number of methoxy groups -OCH3 is 1. The molecule has 0 heterocycles. The normalized spacial score (nSPS) is 16.3. The van der Waals surface area contributed by atoms with Crippen molar-refractivity contribution in [2.45, 2.75) is 0 Å². The minimum absolute atomic E-state index is 0. The maximum atomic E-state index is 11.0. The van der Waals surface area contributed by atoms with Crippen LogP contribution in [-0.2, 0) is 9.59 Å². The Morgan fingerprint density at radius 3 is 2.72 bits per heavy atom. The Morgan fingerprint density at radius 2 is 2.17 bits per heavy atom. The molecule has 0 spiro atoms. The average molecular weight is 267 g/mol. The third-order valence-electron chi connectivity index (χ3n) is 2.70. The van der Waals surface area contributed by atoms with Crippen LogP contribution >= 0.6 is 12.4 Å². The predicted octanol–water partition coefficient (Wildman–Crippen LogP) is 2.06. The number of carbonyl (C=O) groups is 1. The summed E-state index contributed by atoms with van der Waals surface area (Å²) in [4.78, 5) is 21.9. The first-order chi connectivity index (χ1) is 8.17. The highest BCUT2D eigenvalue weighted by Gasteiger charge is 2.26. The van der Waals surface area contributed by atoms with Crippen molar-refractivity contribution >= 4 is 36.0 Å². The number of carboxylic acid groups (broad SMARTS) is 1. The van der Waals surface area contributed by atoms with Gasteiger partial charge >= 0.3 is 5.97 Å². The van der Waals surface area contributed by atoms with Crippen molar-refractivity contribution < 1.29 is 19.4 Å². The number of aliphatic carboxylic acids is 1. The SMILES string of the molecule is COc1ccc2c(c1)C=CC(C(=O)O)C2=C=O.Cl. The van der Waals surface area contributed by atoms with Crippen LogP contribution in [0, 0.1) is 5.92 Å². The molecule has 0 saturated heterocycles. The fourth-order valence-corrected chi connectivity index (χ4v) is 1.84. The summed E-state index contributed by atoms with van der Waals surface area (Å²) in [5.74, 6) is 0.405. The van der Waals surface area contributed by atoms with E-state index in [-0.39, 0.29) is 18.0 Å². The van der Waals surface area contributed by atoms with Gasteiger partial charge in [-0.25, -0.2) is 4.79 Å². The quantitative estimate of drug-likeness (QED) is 0.832. The van der Waals surface area contributed by atoms with E-state index in [4.69, 9.17) is 9.84 Å². The zero-order valence-electron chi connectivity index (χ0n) is 9.54. The van der Waals surface area contributed by atoms with Crippen molar-refractivity contribution in [2.75, 3.05) is 7.11 Å². The lowest BCUT2D eigenvalue weighted by Gasteiger charge is -2.17. The fraction of sp³-hybridized carbons (Fsp3) is 0.154. The number of carbonyl (C=O) groups excluding carboxylic acids is 1. The number of rotatable bonds is 2. The Kier molecular flexibility index (Phi) is 4.32. The first kappa shape index (κ1) is 14.0. The minimum atomic E-state index is -1.05. The zero-order chi connectivity index (χ0) is 12.4. The molecular weight excluding hydrogens is 256 g/mol. The topological polar surface area (TPSA) is 63.6 Å². The summed E-state index contributed by atoms with van der Waals surface area (Å²) in [5.41, 5.74) is 1.51. The Labute approximate surface area is 110 Å². The predicted molar refractivity (Wildman–Crippen MR) is 69.5 cm³/mol. The van der Waals surface area contributed by atoms with Crippen LogP contribution in [0.15, 0.2) is 24.3 Å². The van der Waals surface area contributed by atoms with Gasteiger partial charge in [0.05, 0.1) is 12.7 Å². The van der Waals surface area contributed by atoms with Crippen LogP contribution in [0.1, 0.15) is 11.1 Å². The van der Waals surface area contributed by atoms with E-state index >= 15 is 0 Å². The van der Waals surface area contributed by atoms with Gasteiger partial charge in [-0.2, -0.15) is 0 Å². The summed E-state index contributed by atoms with van der Waals surface area (Å²) in [5, 5.41) is 8.99. The fourth-order valence-electron chi connectivity index (χ4n) is 1.84. The molecule has 4 nitrogen and oxygen atoms in total. The number of benzene rings is 1. The number of ether oxygens (including phenoxy) is 1. The van der Waals surface area contributed by atoms with Gasteiger partial charge in [0.15, 0.2) is 0 Å². The second-order valence-corrected chi connectivity index (χ2v) is 3.64. The van der Waals surface area contributed by atoms with Crippen molar-refractivity contribution in [3.05, 3.63) is 35.4 Å². The molecule has 0 amide bonds. The van der Waals surface area contributed by atoms with Gasteiger partial charge in [0.25, 0.3) is 0 Å². The Morgan fingerprint density at radius 1 is 1.44 bits per heavy atom. The molecule has 1 aromatic carbocycles. The summed E-state index contributed by atoms with van der Waals surface area (Å²) in [6, 6.07) is 5.11. The maximum absolute atomic E-state index is 11.0. The van der Waals surface area contributed by atoms with Gasteiger partial charge in [0.2, 0.25) is 0 Å². The van der Waals surface area contributed by atoms with E-state index in [0.29, 0.717) is 11.3 Å². The van der Waals surface area contributed by atoms with Crippen LogP contribution in [0.5, 0.6) is 5.75 Å². The molecule has 0 saturated carbocycles. The van der Waals surface area contributed by atoms with Gasteiger partial charge in [0.1, 0.15) is 17.6 Å². The van der Waals surface area contributed by atoms with Crippen molar-refractivity contribution in [3.8, 4) is 5.75 Å². The molecule has 1 aliphatic carbocycles. The van der Waals surface area contributed by atoms with E-state index in [2.05, 4.69) is 0 Å².